The predicted molar refractivity (Wildman–Crippen MR) is 107 cm³/mol. The minimum atomic E-state index is -0.218. The van der Waals surface area contributed by atoms with Crippen LogP contribution >= 0.6 is 11.6 Å². The van der Waals surface area contributed by atoms with E-state index in [4.69, 9.17) is 11.6 Å². The molecule has 0 radical (unpaired) electrons. The van der Waals surface area contributed by atoms with Crippen LogP contribution in [0, 0.1) is 0 Å². The van der Waals surface area contributed by atoms with Crippen LogP contribution in [-0.2, 0) is 5.41 Å². The Morgan fingerprint density at radius 3 is 2.52 bits per heavy atom. The van der Waals surface area contributed by atoms with Gasteiger partial charge in [0.15, 0.2) is 5.69 Å². The third-order valence-corrected chi connectivity index (χ3v) is 6.15. The van der Waals surface area contributed by atoms with Gasteiger partial charge in [0.2, 0.25) is 5.95 Å². The van der Waals surface area contributed by atoms with Crippen molar-refractivity contribution in [2.24, 2.45) is 0 Å². The van der Waals surface area contributed by atoms with Crippen LogP contribution in [0.2, 0.25) is 5.02 Å². The smallest absolute Gasteiger partial charge is 0.271 e. The summed E-state index contributed by atoms with van der Waals surface area (Å²) in [5, 5.41) is 3.41. The maximum atomic E-state index is 12.9. The highest BCUT2D eigenvalue weighted by Crippen LogP contribution is 2.40. The van der Waals surface area contributed by atoms with Crippen LogP contribution in [0.3, 0.4) is 0 Å². The van der Waals surface area contributed by atoms with Crippen LogP contribution < -0.4 is 10.2 Å². The van der Waals surface area contributed by atoms with Gasteiger partial charge in [0.25, 0.3) is 5.91 Å². The Morgan fingerprint density at radius 2 is 1.81 bits per heavy atom. The topological polar surface area (TPSA) is 58.1 Å². The molecule has 1 aliphatic carbocycles. The summed E-state index contributed by atoms with van der Waals surface area (Å²) >= 11 is 6.24. The van der Waals surface area contributed by atoms with Gasteiger partial charge in [-0.2, -0.15) is 0 Å². The lowest BCUT2D eigenvalue weighted by Gasteiger charge is -2.30. The number of benzene rings is 1. The van der Waals surface area contributed by atoms with Crippen LogP contribution in [0.5, 0.6) is 0 Å². The number of amides is 1. The summed E-state index contributed by atoms with van der Waals surface area (Å²) in [6.07, 6.45) is 8.37. The lowest BCUT2D eigenvalue weighted by Crippen LogP contribution is -2.39. The number of carbonyl (C=O) groups excluding carboxylic acids is 1. The first-order chi connectivity index (χ1) is 13.2. The van der Waals surface area contributed by atoms with Gasteiger partial charge in [-0.15, -0.1) is 0 Å². The highest BCUT2D eigenvalue weighted by Gasteiger charge is 2.36. The maximum absolute atomic E-state index is 12.9. The monoisotopic (exact) mass is 384 g/mol. The number of hydrogen-bond donors (Lipinski definition) is 1. The van der Waals surface area contributed by atoms with E-state index in [-0.39, 0.29) is 17.0 Å². The van der Waals surface area contributed by atoms with Gasteiger partial charge in [0, 0.05) is 25.0 Å². The molecule has 1 saturated heterocycles. The molecular formula is C21H25ClN4O. The van der Waals surface area contributed by atoms with E-state index in [9.17, 15) is 4.79 Å². The Balaban J connectivity index is 1.51. The highest BCUT2D eigenvalue weighted by molar-refractivity contribution is 6.33. The van der Waals surface area contributed by atoms with Crippen molar-refractivity contribution in [1.29, 1.82) is 0 Å². The van der Waals surface area contributed by atoms with Crippen LogP contribution in [0.15, 0.2) is 36.5 Å². The van der Waals surface area contributed by atoms with E-state index in [2.05, 4.69) is 44.5 Å². The van der Waals surface area contributed by atoms with Gasteiger partial charge in [-0.3, -0.25) is 4.79 Å². The molecule has 4 rings (SSSR count). The molecule has 1 aliphatic heterocycles. The summed E-state index contributed by atoms with van der Waals surface area (Å²) in [6.45, 7) is 2.47. The molecule has 0 bridgehead atoms. The molecule has 1 N–H and O–H groups in total. The van der Waals surface area contributed by atoms with Crippen LogP contribution in [0.1, 0.15) is 54.6 Å². The molecule has 1 amide bonds. The van der Waals surface area contributed by atoms with Crippen molar-refractivity contribution in [1.82, 2.24) is 15.3 Å². The molecule has 2 aromatic rings. The average molecular weight is 385 g/mol. The van der Waals surface area contributed by atoms with E-state index in [1.54, 1.807) is 6.20 Å². The lowest BCUT2D eigenvalue weighted by atomic mass is 9.79. The second kappa shape index (κ2) is 7.85. The molecule has 142 valence electrons. The van der Waals surface area contributed by atoms with Gasteiger partial charge in [0.1, 0.15) is 0 Å². The molecule has 0 unspecified atom stereocenters. The van der Waals surface area contributed by atoms with Crippen LogP contribution in [-0.4, -0.2) is 35.5 Å². The maximum Gasteiger partial charge on any atom is 0.271 e. The molecule has 1 aromatic carbocycles. The Labute approximate surface area is 165 Å². The van der Waals surface area contributed by atoms with E-state index in [1.165, 1.54) is 18.4 Å². The fraction of sp³-hybridized carbons (Fsp3) is 0.476. The molecule has 1 aromatic heterocycles. The summed E-state index contributed by atoms with van der Waals surface area (Å²) in [6, 6.07) is 10.5. The van der Waals surface area contributed by atoms with Crippen molar-refractivity contribution in [2.75, 3.05) is 24.5 Å². The third-order valence-electron chi connectivity index (χ3n) is 5.87. The summed E-state index contributed by atoms with van der Waals surface area (Å²) in [5.41, 5.74) is 1.58. The van der Waals surface area contributed by atoms with Gasteiger partial charge < -0.3 is 10.2 Å². The molecule has 2 fully saturated rings. The van der Waals surface area contributed by atoms with E-state index in [0.717, 1.165) is 38.8 Å². The van der Waals surface area contributed by atoms with Crippen molar-refractivity contribution < 1.29 is 4.79 Å². The van der Waals surface area contributed by atoms with Crippen molar-refractivity contribution in [3.63, 3.8) is 0 Å². The summed E-state index contributed by atoms with van der Waals surface area (Å²) < 4.78 is 0. The second-order valence-corrected chi connectivity index (χ2v) is 8.00. The van der Waals surface area contributed by atoms with E-state index >= 15 is 0 Å². The lowest BCUT2D eigenvalue weighted by molar-refractivity contribution is 0.0938. The Hall–Kier alpha value is -2.14. The minimum absolute atomic E-state index is 0.00814. The molecule has 27 heavy (non-hydrogen) atoms. The molecular weight excluding hydrogens is 360 g/mol. The number of nitrogens with one attached hydrogen (secondary N) is 1. The zero-order chi connectivity index (χ0) is 18.7. The number of carbonyl (C=O) groups is 1. The van der Waals surface area contributed by atoms with Gasteiger partial charge in [-0.05, 0) is 31.2 Å². The Morgan fingerprint density at radius 1 is 1.11 bits per heavy atom. The summed E-state index contributed by atoms with van der Waals surface area (Å²) in [7, 11) is 0. The fourth-order valence-electron chi connectivity index (χ4n) is 4.33. The number of nitrogens with zero attached hydrogens (tertiary/aromatic N) is 3. The van der Waals surface area contributed by atoms with Crippen LogP contribution in [0.4, 0.5) is 5.95 Å². The van der Waals surface area contributed by atoms with E-state index in [0.29, 0.717) is 17.5 Å². The van der Waals surface area contributed by atoms with Gasteiger partial charge in [0.05, 0.1) is 11.2 Å². The quantitative estimate of drug-likeness (QED) is 0.847. The van der Waals surface area contributed by atoms with Crippen molar-refractivity contribution in [3.8, 4) is 0 Å². The number of anilines is 1. The molecule has 6 heteroatoms. The van der Waals surface area contributed by atoms with Gasteiger partial charge >= 0.3 is 0 Å². The Kier molecular flexibility index (Phi) is 5.30. The number of rotatable bonds is 5. The van der Waals surface area contributed by atoms with E-state index < -0.39 is 0 Å². The number of hydrogen-bond acceptors (Lipinski definition) is 4. The molecule has 1 saturated carbocycles. The van der Waals surface area contributed by atoms with Crippen molar-refractivity contribution in [2.45, 2.75) is 43.9 Å². The van der Waals surface area contributed by atoms with Crippen molar-refractivity contribution >= 4 is 23.5 Å². The molecule has 2 aliphatic rings. The standard InChI is InChI=1S/C21H25ClN4O/c22-17-14-23-20(26-12-6-7-13-26)25-18(17)19(27)24-15-21(10-4-5-11-21)16-8-2-1-3-9-16/h1-3,8-9,14H,4-7,10-13,15H2,(H,24,27). The zero-order valence-corrected chi connectivity index (χ0v) is 16.2. The molecule has 0 spiro atoms. The first-order valence-corrected chi connectivity index (χ1v) is 10.2. The largest absolute Gasteiger partial charge is 0.350 e. The number of aromatic nitrogens is 2. The first-order valence-electron chi connectivity index (χ1n) is 9.79. The molecule has 5 nitrogen and oxygen atoms in total. The molecule has 0 atom stereocenters. The molecule has 2 heterocycles. The highest BCUT2D eigenvalue weighted by atomic mass is 35.5. The van der Waals surface area contributed by atoms with Gasteiger partial charge in [-0.1, -0.05) is 54.8 Å². The van der Waals surface area contributed by atoms with Gasteiger partial charge in [-0.25, -0.2) is 9.97 Å². The minimum Gasteiger partial charge on any atom is -0.350 e. The van der Waals surface area contributed by atoms with E-state index in [1.807, 2.05) is 6.07 Å². The normalized spacial score (nSPS) is 18.6. The first kappa shape index (κ1) is 18.2. The second-order valence-electron chi connectivity index (χ2n) is 7.60. The number of halogens is 1. The summed E-state index contributed by atoms with van der Waals surface area (Å²) in [5.74, 6) is 0.380. The third kappa shape index (κ3) is 3.79. The van der Waals surface area contributed by atoms with Crippen molar-refractivity contribution in [3.05, 3.63) is 52.8 Å². The SMILES string of the molecule is O=C(NCC1(c2ccccc2)CCCC1)c1nc(N2CCCC2)ncc1Cl. The fourth-order valence-corrected chi connectivity index (χ4v) is 4.51. The Bertz CT molecular complexity index is 799. The summed E-state index contributed by atoms with van der Waals surface area (Å²) in [4.78, 5) is 23.7. The zero-order valence-electron chi connectivity index (χ0n) is 15.5. The van der Waals surface area contributed by atoms with Crippen LogP contribution in [0.25, 0.3) is 0 Å². The average Bonchev–Trinajstić information content (AvgIpc) is 3.40. The predicted octanol–water partition coefficient (Wildman–Crippen LogP) is 3.97.